The second-order valence-electron chi connectivity index (χ2n) is 12.7. The van der Waals surface area contributed by atoms with Gasteiger partial charge in [-0.15, -0.1) is 0 Å². The number of rotatable bonds is 8. The van der Waals surface area contributed by atoms with Crippen molar-refractivity contribution in [2.75, 3.05) is 38.2 Å². The zero-order chi connectivity index (χ0) is 30.1. The van der Waals surface area contributed by atoms with E-state index in [0.29, 0.717) is 48.0 Å². The average molecular weight is 614 g/mol. The highest BCUT2D eigenvalue weighted by Crippen LogP contribution is 2.49. The van der Waals surface area contributed by atoms with E-state index in [1.165, 1.54) is 6.08 Å². The maximum Gasteiger partial charge on any atom is 0.319 e. The van der Waals surface area contributed by atoms with Gasteiger partial charge >= 0.3 is 6.01 Å². The summed E-state index contributed by atoms with van der Waals surface area (Å²) in [5.41, 5.74) is 4.48. The highest BCUT2D eigenvalue weighted by Gasteiger charge is 2.46. The molecule has 8 rings (SSSR count). The Labute approximate surface area is 261 Å². The third kappa shape index (κ3) is 4.57. The summed E-state index contributed by atoms with van der Waals surface area (Å²) in [6, 6.07) is 6.98. The molecular weight excluding hydrogens is 578 g/mol. The van der Waals surface area contributed by atoms with Crippen molar-refractivity contribution in [2.24, 2.45) is 0 Å². The van der Waals surface area contributed by atoms with Crippen LogP contribution in [0.1, 0.15) is 37.7 Å². The van der Waals surface area contributed by atoms with Gasteiger partial charge in [0, 0.05) is 41.0 Å². The van der Waals surface area contributed by atoms with Crippen LogP contribution >= 0.6 is 11.6 Å². The number of hydrogen-bond acceptors (Lipinski definition) is 8. The predicted molar refractivity (Wildman–Crippen MR) is 171 cm³/mol. The largest absolute Gasteiger partial charge is 0.487 e. The van der Waals surface area contributed by atoms with E-state index in [1.54, 1.807) is 0 Å². The Bertz CT molecular complexity index is 1800. The van der Waals surface area contributed by atoms with Gasteiger partial charge in [-0.3, -0.25) is 9.89 Å². The minimum Gasteiger partial charge on any atom is -0.487 e. The molecular formula is C33H36ClN7O3. The molecule has 1 N–H and O–H groups in total. The van der Waals surface area contributed by atoms with Gasteiger partial charge in [0.2, 0.25) is 5.91 Å². The smallest absolute Gasteiger partial charge is 0.319 e. The third-order valence-electron chi connectivity index (χ3n) is 9.80. The van der Waals surface area contributed by atoms with Crippen LogP contribution in [0, 0.1) is 6.92 Å². The molecule has 44 heavy (non-hydrogen) atoms. The number of benzene rings is 2. The Morgan fingerprint density at radius 1 is 1.16 bits per heavy atom. The van der Waals surface area contributed by atoms with E-state index in [4.69, 9.17) is 31.0 Å². The van der Waals surface area contributed by atoms with Crippen LogP contribution < -0.4 is 14.4 Å². The monoisotopic (exact) mass is 613 g/mol. The van der Waals surface area contributed by atoms with Gasteiger partial charge < -0.3 is 24.2 Å². The molecule has 10 nitrogen and oxygen atoms in total. The van der Waals surface area contributed by atoms with Crippen LogP contribution in [-0.4, -0.2) is 93.4 Å². The fourth-order valence-electron chi connectivity index (χ4n) is 7.29. The number of amides is 1. The number of likely N-dealkylation sites (N-methyl/N-ethyl adjacent to an activating group) is 1. The van der Waals surface area contributed by atoms with Crippen LogP contribution in [-0.2, 0) is 4.79 Å². The van der Waals surface area contributed by atoms with Gasteiger partial charge in [0.05, 0.1) is 34.9 Å². The first-order valence-electron chi connectivity index (χ1n) is 15.6. The van der Waals surface area contributed by atoms with Crippen molar-refractivity contribution in [1.29, 1.82) is 0 Å². The molecule has 5 heterocycles. The van der Waals surface area contributed by atoms with E-state index in [9.17, 15) is 4.79 Å². The molecule has 1 aliphatic carbocycles. The van der Waals surface area contributed by atoms with Crippen LogP contribution in [0.2, 0.25) is 5.02 Å². The second kappa shape index (κ2) is 10.6. The molecule has 4 fully saturated rings. The molecule has 2 bridgehead atoms. The van der Waals surface area contributed by atoms with Crippen LogP contribution in [0.15, 0.2) is 37.1 Å². The zero-order valence-corrected chi connectivity index (χ0v) is 25.8. The number of piperazine rings is 1. The van der Waals surface area contributed by atoms with Crippen molar-refractivity contribution in [1.82, 2.24) is 30.0 Å². The standard InChI is InChI=1S/C33H36ClN7O3/c1-4-27(42)40-15-21-12-20(40)16-41(21)32-23-13-25(34)29(28-18(2)7-10-26-24(28)14-35-38-26)31(44-22-8-9-22)30(23)36-33(37-32)43-17-19-6-5-11-39(19)3/h4,7,10,13-14,19-22H,1,5-6,8-9,11-12,15-17H2,2-3H3,(H,35,38)/t19-,20?,21?/m0/s1. The number of aromatic nitrogens is 4. The Hall–Kier alpha value is -3.89. The molecule has 228 valence electrons. The SMILES string of the molecule is C=CC(=O)N1CC2CC1CN2c1nc(OC[C@@H]2CCCN2C)nc2c(OC3CC3)c(-c3c(C)ccc4[nH]ncc34)c(Cl)cc12. The number of ether oxygens (including phenoxy) is 2. The predicted octanol–water partition coefficient (Wildman–Crippen LogP) is 5.12. The summed E-state index contributed by atoms with van der Waals surface area (Å²) >= 11 is 7.25. The van der Waals surface area contributed by atoms with Gasteiger partial charge in [0.1, 0.15) is 17.9 Å². The molecule has 3 atom stereocenters. The van der Waals surface area contributed by atoms with Gasteiger partial charge in [-0.05, 0) is 76.4 Å². The summed E-state index contributed by atoms with van der Waals surface area (Å²) < 4.78 is 13.1. The summed E-state index contributed by atoms with van der Waals surface area (Å²) in [6.07, 6.45) is 8.45. The first kappa shape index (κ1) is 27.6. The number of aryl methyl sites for hydroxylation is 1. The highest BCUT2D eigenvalue weighted by molar-refractivity contribution is 6.35. The van der Waals surface area contributed by atoms with E-state index < -0.39 is 0 Å². The number of fused-ring (bicyclic) bond motifs is 4. The fourth-order valence-corrected chi connectivity index (χ4v) is 7.57. The maximum atomic E-state index is 12.5. The van der Waals surface area contributed by atoms with Crippen LogP contribution in [0.5, 0.6) is 11.8 Å². The lowest BCUT2D eigenvalue weighted by atomic mass is 9.94. The highest BCUT2D eigenvalue weighted by atomic mass is 35.5. The molecule has 3 saturated heterocycles. The van der Waals surface area contributed by atoms with Gasteiger partial charge in [-0.1, -0.05) is 24.2 Å². The minimum atomic E-state index is -0.0222. The lowest BCUT2D eigenvalue weighted by Gasteiger charge is -2.35. The molecule has 4 aromatic rings. The summed E-state index contributed by atoms with van der Waals surface area (Å²) in [5.74, 6) is 1.41. The number of hydrogen-bond donors (Lipinski definition) is 1. The van der Waals surface area contributed by atoms with E-state index in [0.717, 1.165) is 77.4 Å². The van der Waals surface area contributed by atoms with Crippen LogP contribution in [0.4, 0.5) is 5.82 Å². The van der Waals surface area contributed by atoms with Crippen molar-refractivity contribution >= 4 is 45.1 Å². The van der Waals surface area contributed by atoms with Gasteiger partial charge in [0.15, 0.2) is 5.75 Å². The first-order valence-corrected chi connectivity index (χ1v) is 15.9. The van der Waals surface area contributed by atoms with Crippen LogP contribution in [0.3, 0.4) is 0 Å². The zero-order valence-electron chi connectivity index (χ0n) is 25.1. The van der Waals surface area contributed by atoms with E-state index in [2.05, 4.69) is 46.6 Å². The molecule has 2 aromatic heterocycles. The Morgan fingerprint density at radius 2 is 2.02 bits per heavy atom. The lowest BCUT2D eigenvalue weighted by molar-refractivity contribution is -0.127. The van der Waals surface area contributed by atoms with Crippen molar-refractivity contribution in [3.8, 4) is 22.9 Å². The molecule has 11 heteroatoms. The summed E-state index contributed by atoms with van der Waals surface area (Å²) in [6.45, 7) is 8.66. The van der Waals surface area contributed by atoms with E-state index in [1.807, 2.05) is 23.2 Å². The number of anilines is 1. The third-order valence-corrected chi connectivity index (χ3v) is 10.1. The normalized spacial score (nSPS) is 23.3. The molecule has 3 aliphatic heterocycles. The second-order valence-corrected chi connectivity index (χ2v) is 13.1. The molecule has 1 amide bonds. The minimum absolute atomic E-state index is 0.0222. The van der Waals surface area contributed by atoms with Gasteiger partial charge in [-0.25, -0.2) is 0 Å². The molecule has 0 radical (unpaired) electrons. The first-order chi connectivity index (χ1) is 21.4. The number of carbonyl (C=O) groups excluding carboxylic acids is 1. The number of nitrogens with zero attached hydrogens (tertiary/aromatic N) is 6. The average Bonchev–Trinajstić information content (AvgIpc) is 3.38. The van der Waals surface area contributed by atoms with Crippen LogP contribution in [0.25, 0.3) is 32.9 Å². The summed E-state index contributed by atoms with van der Waals surface area (Å²) in [5, 5.41) is 9.79. The van der Waals surface area contributed by atoms with Gasteiger partial charge in [0.25, 0.3) is 0 Å². The Balaban J connectivity index is 1.30. The van der Waals surface area contributed by atoms with Crippen molar-refractivity contribution in [3.63, 3.8) is 0 Å². The molecule has 0 spiro atoms. The van der Waals surface area contributed by atoms with E-state index >= 15 is 0 Å². The Kier molecular flexibility index (Phi) is 6.68. The topological polar surface area (TPSA) is 99.7 Å². The summed E-state index contributed by atoms with van der Waals surface area (Å²) in [4.78, 5) is 29.2. The maximum absolute atomic E-state index is 12.5. The number of aromatic amines is 1. The fraction of sp³-hybridized carbons (Fsp3) is 0.455. The lowest BCUT2D eigenvalue weighted by Crippen LogP contribution is -2.48. The number of halogens is 1. The molecule has 4 aliphatic rings. The number of likely N-dealkylation sites (tertiary alicyclic amines) is 2. The Morgan fingerprint density at radius 3 is 2.75 bits per heavy atom. The number of carbonyl (C=O) groups is 1. The van der Waals surface area contributed by atoms with Gasteiger partial charge in [-0.2, -0.15) is 15.1 Å². The van der Waals surface area contributed by atoms with E-state index in [-0.39, 0.29) is 24.1 Å². The van der Waals surface area contributed by atoms with Crippen molar-refractivity contribution in [2.45, 2.75) is 63.3 Å². The molecule has 2 unspecified atom stereocenters. The quantitative estimate of drug-likeness (QED) is 0.273. The molecule has 2 aromatic carbocycles. The number of nitrogens with one attached hydrogen (secondary N) is 1. The molecule has 1 saturated carbocycles. The van der Waals surface area contributed by atoms with Crippen molar-refractivity contribution in [3.05, 3.63) is 47.6 Å². The number of H-pyrrole nitrogens is 1. The van der Waals surface area contributed by atoms with Crippen molar-refractivity contribution < 1.29 is 14.3 Å². The summed E-state index contributed by atoms with van der Waals surface area (Å²) in [7, 11) is 2.14.